The van der Waals surface area contributed by atoms with Crippen LogP contribution >= 0.6 is 0 Å². The van der Waals surface area contributed by atoms with Crippen LogP contribution in [0.2, 0.25) is 0 Å². The van der Waals surface area contributed by atoms with Gasteiger partial charge in [0.15, 0.2) is 5.96 Å². The van der Waals surface area contributed by atoms with Crippen molar-refractivity contribution in [3.05, 3.63) is 35.4 Å². The second-order valence-corrected chi connectivity index (χ2v) is 6.88. The SMILES string of the molecule is CCNC(=NCC(C)(C)OC)NCCN1CCc2ccccc2C1. The van der Waals surface area contributed by atoms with Gasteiger partial charge in [0.05, 0.1) is 12.1 Å². The van der Waals surface area contributed by atoms with Gasteiger partial charge in [-0.1, -0.05) is 24.3 Å². The third-order valence-corrected chi connectivity index (χ3v) is 4.44. The van der Waals surface area contributed by atoms with Gasteiger partial charge in [-0.25, -0.2) is 0 Å². The Bertz CT molecular complexity index is 542. The summed E-state index contributed by atoms with van der Waals surface area (Å²) in [6.07, 6.45) is 1.15. The molecule has 0 bridgehead atoms. The minimum absolute atomic E-state index is 0.237. The second-order valence-electron chi connectivity index (χ2n) is 6.88. The highest BCUT2D eigenvalue weighted by Gasteiger charge is 2.17. The Morgan fingerprint density at radius 1 is 1.25 bits per heavy atom. The fraction of sp³-hybridized carbons (Fsp3) is 0.632. The molecule has 1 heterocycles. The van der Waals surface area contributed by atoms with E-state index in [1.54, 1.807) is 7.11 Å². The first kappa shape index (κ1) is 18.7. The van der Waals surface area contributed by atoms with E-state index in [0.717, 1.165) is 45.1 Å². The molecule has 0 aliphatic carbocycles. The van der Waals surface area contributed by atoms with Crippen molar-refractivity contribution in [1.29, 1.82) is 0 Å². The normalized spacial score (nSPS) is 15.9. The van der Waals surface area contributed by atoms with Crippen molar-refractivity contribution in [3.8, 4) is 0 Å². The smallest absolute Gasteiger partial charge is 0.191 e. The summed E-state index contributed by atoms with van der Waals surface area (Å²) in [6.45, 7) is 11.8. The molecule has 2 rings (SSSR count). The molecule has 5 heteroatoms. The molecular formula is C19H32N4O. The second kappa shape index (κ2) is 9.04. The van der Waals surface area contributed by atoms with Gasteiger partial charge in [-0.15, -0.1) is 0 Å². The van der Waals surface area contributed by atoms with Crippen LogP contribution in [0.4, 0.5) is 0 Å². The lowest BCUT2D eigenvalue weighted by atomic mass is 10.00. The van der Waals surface area contributed by atoms with Crippen molar-refractivity contribution < 1.29 is 4.74 Å². The summed E-state index contributed by atoms with van der Waals surface area (Å²) < 4.78 is 5.43. The monoisotopic (exact) mass is 332 g/mol. The van der Waals surface area contributed by atoms with E-state index in [-0.39, 0.29) is 5.60 Å². The molecule has 1 aromatic carbocycles. The lowest BCUT2D eigenvalue weighted by Gasteiger charge is -2.29. The van der Waals surface area contributed by atoms with Crippen molar-refractivity contribution in [2.45, 2.75) is 39.3 Å². The van der Waals surface area contributed by atoms with Crippen molar-refractivity contribution >= 4 is 5.96 Å². The highest BCUT2D eigenvalue weighted by molar-refractivity contribution is 5.79. The molecule has 0 saturated carbocycles. The molecule has 5 nitrogen and oxygen atoms in total. The maximum atomic E-state index is 5.43. The Morgan fingerprint density at radius 2 is 2.00 bits per heavy atom. The summed E-state index contributed by atoms with van der Waals surface area (Å²) >= 11 is 0. The van der Waals surface area contributed by atoms with Crippen molar-refractivity contribution in [2.24, 2.45) is 4.99 Å². The number of ether oxygens (including phenoxy) is 1. The number of hydrogen-bond acceptors (Lipinski definition) is 3. The first-order valence-corrected chi connectivity index (χ1v) is 8.90. The Hall–Kier alpha value is -1.59. The lowest BCUT2D eigenvalue weighted by molar-refractivity contribution is 0.0310. The maximum absolute atomic E-state index is 5.43. The largest absolute Gasteiger partial charge is 0.377 e. The van der Waals surface area contributed by atoms with Crippen molar-refractivity contribution in [1.82, 2.24) is 15.5 Å². The van der Waals surface area contributed by atoms with E-state index in [1.807, 2.05) is 13.8 Å². The van der Waals surface area contributed by atoms with Crippen molar-refractivity contribution in [3.63, 3.8) is 0 Å². The standard InChI is InChI=1S/C19H32N4O/c1-5-20-18(22-15-19(2,3)24-4)21-11-13-23-12-10-16-8-6-7-9-17(16)14-23/h6-9H,5,10-15H2,1-4H3,(H2,20,21,22). The zero-order chi connectivity index (χ0) is 17.4. The van der Waals surface area contributed by atoms with E-state index in [9.17, 15) is 0 Å². The molecule has 0 aromatic heterocycles. The van der Waals surface area contributed by atoms with Crippen LogP contribution in [0.5, 0.6) is 0 Å². The number of rotatable bonds is 7. The molecule has 0 spiro atoms. The van der Waals surface area contributed by atoms with Crippen LogP contribution in [0.15, 0.2) is 29.3 Å². The van der Waals surface area contributed by atoms with E-state index >= 15 is 0 Å². The van der Waals surface area contributed by atoms with Crippen molar-refractivity contribution in [2.75, 3.05) is 39.8 Å². The first-order chi connectivity index (χ1) is 11.5. The van der Waals surface area contributed by atoms with Gasteiger partial charge in [0.25, 0.3) is 0 Å². The fourth-order valence-electron chi connectivity index (χ4n) is 2.75. The highest BCUT2D eigenvalue weighted by atomic mass is 16.5. The van der Waals surface area contributed by atoms with Crippen LogP contribution in [0.25, 0.3) is 0 Å². The van der Waals surface area contributed by atoms with Gasteiger partial charge in [0.1, 0.15) is 0 Å². The fourth-order valence-corrected chi connectivity index (χ4v) is 2.75. The maximum Gasteiger partial charge on any atom is 0.191 e. The zero-order valence-electron chi connectivity index (χ0n) is 15.6. The van der Waals surface area contributed by atoms with E-state index in [0.29, 0.717) is 6.54 Å². The van der Waals surface area contributed by atoms with E-state index < -0.39 is 0 Å². The molecule has 0 atom stereocenters. The molecule has 0 unspecified atom stereocenters. The van der Waals surface area contributed by atoms with Crippen LogP contribution in [-0.2, 0) is 17.7 Å². The molecule has 0 fully saturated rings. The summed E-state index contributed by atoms with van der Waals surface area (Å²) in [5.74, 6) is 0.861. The summed E-state index contributed by atoms with van der Waals surface area (Å²) in [6, 6.07) is 8.76. The average Bonchev–Trinajstić information content (AvgIpc) is 2.59. The average molecular weight is 332 g/mol. The number of methoxy groups -OCH3 is 1. The summed E-state index contributed by atoms with van der Waals surface area (Å²) in [5, 5.41) is 6.73. The van der Waals surface area contributed by atoms with Gasteiger partial charge in [0, 0.05) is 39.8 Å². The van der Waals surface area contributed by atoms with Gasteiger partial charge in [-0.3, -0.25) is 9.89 Å². The number of guanidine groups is 1. The van der Waals surface area contributed by atoms with Crippen LogP contribution in [-0.4, -0.2) is 56.3 Å². The van der Waals surface area contributed by atoms with E-state index in [1.165, 1.54) is 11.1 Å². The number of nitrogens with one attached hydrogen (secondary N) is 2. The zero-order valence-corrected chi connectivity index (χ0v) is 15.6. The molecule has 0 saturated heterocycles. The minimum Gasteiger partial charge on any atom is -0.377 e. The summed E-state index contributed by atoms with van der Waals surface area (Å²) in [4.78, 5) is 7.12. The number of fused-ring (bicyclic) bond motifs is 1. The number of hydrogen-bond donors (Lipinski definition) is 2. The topological polar surface area (TPSA) is 48.9 Å². The molecule has 1 aromatic rings. The van der Waals surface area contributed by atoms with Gasteiger partial charge >= 0.3 is 0 Å². The van der Waals surface area contributed by atoms with Gasteiger partial charge in [-0.2, -0.15) is 0 Å². The molecule has 24 heavy (non-hydrogen) atoms. The molecule has 2 N–H and O–H groups in total. The van der Waals surface area contributed by atoms with Gasteiger partial charge in [-0.05, 0) is 38.3 Å². The molecule has 0 amide bonds. The third kappa shape index (κ3) is 5.80. The Morgan fingerprint density at radius 3 is 2.71 bits per heavy atom. The number of nitrogens with zero attached hydrogens (tertiary/aromatic N) is 2. The lowest BCUT2D eigenvalue weighted by Crippen LogP contribution is -2.43. The minimum atomic E-state index is -0.237. The third-order valence-electron chi connectivity index (χ3n) is 4.44. The van der Waals surface area contributed by atoms with Crippen LogP contribution in [0.1, 0.15) is 31.9 Å². The van der Waals surface area contributed by atoms with Crippen LogP contribution in [0, 0.1) is 0 Å². The van der Waals surface area contributed by atoms with E-state index in [4.69, 9.17) is 4.74 Å². The van der Waals surface area contributed by atoms with Gasteiger partial charge < -0.3 is 15.4 Å². The Balaban J connectivity index is 1.80. The van der Waals surface area contributed by atoms with Gasteiger partial charge in [0.2, 0.25) is 0 Å². The first-order valence-electron chi connectivity index (χ1n) is 8.90. The number of benzene rings is 1. The molecule has 134 valence electrons. The Kier molecular flexibility index (Phi) is 7.06. The Labute approximate surface area is 146 Å². The molecule has 1 aliphatic heterocycles. The summed E-state index contributed by atoms with van der Waals surface area (Å²) in [7, 11) is 1.73. The predicted octanol–water partition coefficient (Wildman–Crippen LogP) is 2.02. The van der Waals surface area contributed by atoms with Crippen LogP contribution < -0.4 is 10.6 Å². The summed E-state index contributed by atoms with van der Waals surface area (Å²) in [5.41, 5.74) is 2.73. The molecule has 0 radical (unpaired) electrons. The quantitative estimate of drug-likeness (QED) is 0.592. The highest BCUT2D eigenvalue weighted by Crippen LogP contribution is 2.17. The predicted molar refractivity (Wildman–Crippen MR) is 100 cm³/mol. The molecular weight excluding hydrogens is 300 g/mol. The number of aliphatic imine (C=N–C) groups is 1. The van der Waals surface area contributed by atoms with Crippen LogP contribution in [0.3, 0.4) is 0 Å². The van der Waals surface area contributed by atoms with E-state index in [2.05, 4.69) is 51.7 Å². The molecule has 1 aliphatic rings.